The Labute approximate surface area is 103 Å². The van der Waals surface area contributed by atoms with Gasteiger partial charge in [-0.2, -0.15) is 0 Å². The fraction of sp³-hybridized carbons (Fsp3) is 0.833. The first kappa shape index (κ1) is 15.9. The molecule has 0 aromatic carbocycles. The van der Waals surface area contributed by atoms with Crippen LogP contribution in [0.4, 0.5) is 0 Å². The number of esters is 1. The monoisotopic (exact) mass is 245 g/mol. The van der Waals surface area contributed by atoms with E-state index >= 15 is 0 Å². The van der Waals surface area contributed by atoms with Crippen molar-refractivity contribution < 1.29 is 23.9 Å². The maximum absolute atomic E-state index is 11.4. The summed E-state index contributed by atoms with van der Waals surface area (Å²) in [7, 11) is 3.51. The van der Waals surface area contributed by atoms with Crippen LogP contribution in [0.1, 0.15) is 27.2 Å². The lowest BCUT2D eigenvalue weighted by Gasteiger charge is -2.29. The van der Waals surface area contributed by atoms with Crippen molar-refractivity contribution in [2.45, 2.75) is 27.2 Å². The van der Waals surface area contributed by atoms with Crippen LogP contribution in [-0.2, 0) is 14.3 Å². The number of hydrogen-bond donors (Lipinski definition) is 0. The van der Waals surface area contributed by atoms with Crippen LogP contribution in [0, 0.1) is 5.41 Å². The van der Waals surface area contributed by atoms with Gasteiger partial charge in [0, 0.05) is 0 Å². The molecular weight excluding hydrogens is 222 g/mol. The highest BCUT2D eigenvalue weighted by molar-refractivity contribution is 5.70. The second-order valence-corrected chi connectivity index (χ2v) is 6.15. The third-order valence-corrected chi connectivity index (χ3v) is 2.19. The Bertz CT molecular complexity index is 279. The molecule has 0 spiro atoms. The quantitative estimate of drug-likeness (QED) is 0.480. The van der Waals surface area contributed by atoms with Crippen molar-refractivity contribution in [1.82, 2.24) is 0 Å². The van der Waals surface area contributed by atoms with Gasteiger partial charge in [0.1, 0.15) is 19.7 Å². The number of likely N-dealkylation sites (N-methyl/N-ethyl adjacent to an activating group) is 1. The third-order valence-electron chi connectivity index (χ3n) is 2.19. The summed E-state index contributed by atoms with van der Waals surface area (Å²) >= 11 is 0. The van der Waals surface area contributed by atoms with E-state index < -0.39 is 5.97 Å². The first-order valence-electron chi connectivity index (χ1n) is 5.69. The van der Waals surface area contributed by atoms with Crippen molar-refractivity contribution in [1.29, 1.82) is 0 Å². The minimum atomic E-state index is -1.10. The van der Waals surface area contributed by atoms with Gasteiger partial charge in [-0.15, -0.1) is 0 Å². The predicted octanol–water partition coefficient (Wildman–Crippen LogP) is -0.208. The number of carbonyl (C=O) groups is 2. The van der Waals surface area contributed by atoms with Crippen molar-refractivity contribution >= 4 is 11.9 Å². The highest BCUT2D eigenvalue weighted by Crippen LogP contribution is 2.18. The average molecular weight is 245 g/mol. The number of carboxylic acid groups (broad SMARTS) is 1. The molecule has 17 heavy (non-hydrogen) atoms. The van der Waals surface area contributed by atoms with Crippen LogP contribution in [0.2, 0.25) is 0 Å². The summed E-state index contributed by atoms with van der Waals surface area (Å²) in [5.41, 5.74) is -0.0908. The summed E-state index contributed by atoms with van der Waals surface area (Å²) in [4.78, 5) is 21.9. The van der Waals surface area contributed by atoms with Gasteiger partial charge in [-0.05, 0) is 5.41 Å². The molecule has 5 heteroatoms. The Morgan fingerprint density at radius 1 is 1.24 bits per heavy atom. The van der Waals surface area contributed by atoms with Crippen LogP contribution in [0.25, 0.3) is 0 Å². The molecule has 0 atom stereocenters. The molecule has 0 fully saturated rings. The fourth-order valence-corrected chi connectivity index (χ4v) is 1.32. The van der Waals surface area contributed by atoms with Crippen LogP contribution in [0.15, 0.2) is 0 Å². The summed E-state index contributed by atoms with van der Waals surface area (Å²) in [6, 6.07) is 0. The van der Waals surface area contributed by atoms with E-state index in [9.17, 15) is 14.7 Å². The largest absolute Gasteiger partial charge is 0.544 e. The molecular formula is C12H23NO4. The molecule has 0 radical (unpaired) electrons. The van der Waals surface area contributed by atoms with Crippen molar-refractivity contribution in [2.24, 2.45) is 5.41 Å². The SMILES string of the molecule is CC(C)(C)CC(=O)OCC[N+](C)(C)CC(=O)[O-]. The highest BCUT2D eigenvalue weighted by atomic mass is 16.5. The van der Waals surface area contributed by atoms with E-state index in [-0.39, 0.29) is 29.0 Å². The maximum Gasteiger partial charge on any atom is 0.306 e. The number of carbonyl (C=O) groups excluding carboxylic acids is 2. The number of ether oxygens (including phenoxy) is 1. The molecule has 0 saturated heterocycles. The molecule has 0 N–H and O–H groups in total. The van der Waals surface area contributed by atoms with Crippen LogP contribution < -0.4 is 5.11 Å². The molecule has 0 rings (SSSR count). The van der Waals surface area contributed by atoms with E-state index in [2.05, 4.69) is 0 Å². The molecule has 0 aromatic heterocycles. The standard InChI is InChI=1S/C12H23NO4/c1-12(2,3)8-11(16)17-7-6-13(4,5)9-10(14)15/h6-9H2,1-5H3. The second-order valence-electron chi connectivity index (χ2n) is 6.15. The predicted molar refractivity (Wildman–Crippen MR) is 61.9 cm³/mol. The number of carboxylic acids is 1. The van der Waals surface area contributed by atoms with E-state index in [0.29, 0.717) is 13.0 Å². The van der Waals surface area contributed by atoms with Crippen molar-refractivity contribution in [3.63, 3.8) is 0 Å². The summed E-state index contributed by atoms with van der Waals surface area (Å²) in [5.74, 6) is -1.35. The molecule has 0 heterocycles. The van der Waals surface area contributed by atoms with Crippen LogP contribution in [0.3, 0.4) is 0 Å². The summed E-state index contributed by atoms with van der Waals surface area (Å²) in [5, 5.41) is 10.5. The van der Waals surface area contributed by atoms with Crippen molar-refractivity contribution in [2.75, 3.05) is 33.8 Å². The minimum Gasteiger partial charge on any atom is -0.544 e. The van der Waals surface area contributed by atoms with Gasteiger partial charge >= 0.3 is 5.97 Å². The Hall–Kier alpha value is -1.10. The van der Waals surface area contributed by atoms with Gasteiger partial charge in [-0.25, -0.2) is 0 Å². The second kappa shape index (κ2) is 6.00. The van der Waals surface area contributed by atoms with Gasteiger partial charge < -0.3 is 19.1 Å². The van der Waals surface area contributed by atoms with Crippen molar-refractivity contribution in [3.05, 3.63) is 0 Å². The van der Waals surface area contributed by atoms with Gasteiger partial charge in [-0.3, -0.25) is 4.79 Å². The number of rotatable bonds is 6. The third kappa shape index (κ3) is 9.81. The number of aliphatic carboxylic acids is 1. The molecule has 0 aliphatic carbocycles. The van der Waals surface area contributed by atoms with Gasteiger partial charge in [-0.1, -0.05) is 20.8 Å². The fourth-order valence-electron chi connectivity index (χ4n) is 1.32. The van der Waals surface area contributed by atoms with Gasteiger partial charge in [0.25, 0.3) is 0 Å². The lowest BCUT2D eigenvalue weighted by molar-refractivity contribution is -0.884. The zero-order chi connectivity index (χ0) is 13.7. The van der Waals surface area contributed by atoms with E-state index in [1.165, 1.54) is 0 Å². The van der Waals surface area contributed by atoms with Gasteiger partial charge in [0.05, 0.1) is 26.5 Å². The Kier molecular flexibility index (Phi) is 5.61. The topological polar surface area (TPSA) is 66.4 Å². The molecule has 0 aliphatic rings. The Morgan fingerprint density at radius 3 is 2.18 bits per heavy atom. The molecule has 0 aromatic rings. The summed E-state index contributed by atoms with van der Waals surface area (Å²) in [6.45, 7) is 6.49. The Balaban J connectivity index is 3.91. The van der Waals surface area contributed by atoms with E-state index in [1.54, 1.807) is 14.1 Å². The first-order chi connectivity index (χ1) is 7.52. The minimum absolute atomic E-state index is 0.0865. The first-order valence-corrected chi connectivity index (χ1v) is 5.69. The number of quaternary nitrogens is 1. The zero-order valence-electron chi connectivity index (χ0n) is 11.4. The summed E-state index contributed by atoms with van der Waals surface area (Å²) in [6.07, 6.45) is 0.362. The molecule has 0 unspecified atom stereocenters. The smallest absolute Gasteiger partial charge is 0.306 e. The average Bonchev–Trinajstić information content (AvgIpc) is 1.95. The van der Waals surface area contributed by atoms with E-state index in [1.807, 2.05) is 20.8 Å². The normalized spacial score (nSPS) is 12.3. The molecule has 5 nitrogen and oxygen atoms in total. The molecule has 100 valence electrons. The van der Waals surface area contributed by atoms with Gasteiger partial charge in [0.2, 0.25) is 0 Å². The maximum atomic E-state index is 11.4. The van der Waals surface area contributed by atoms with Crippen LogP contribution in [0.5, 0.6) is 0 Å². The number of nitrogens with zero attached hydrogens (tertiary/aromatic N) is 1. The highest BCUT2D eigenvalue weighted by Gasteiger charge is 2.19. The van der Waals surface area contributed by atoms with Gasteiger partial charge in [0.15, 0.2) is 0 Å². The van der Waals surface area contributed by atoms with Crippen LogP contribution in [-0.4, -0.2) is 50.2 Å². The summed E-state index contributed by atoms with van der Waals surface area (Å²) < 4.78 is 5.31. The number of hydrogen-bond acceptors (Lipinski definition) is 4. The van der Waals surface area contributed by atoms with E-state index in [0.717, 1.165) is 0 Å². The molecule has 0 amide bonds. The lowest BCUT2D eigenvalue weighted by Crippen LogP contribution is -2.50. The molecule has 0 aliphatic heterocycles. The zero-order valence-corrected chi connectivity index (χ0v) is 11.4. The Morgan fingerprint density at radius 2 is 1.76 bits per heavy atom. The van der Waals surface area contributed by atoms with Crippen LogP contribution >= 0.6 is 0 Å². The lowest BCUT2D eigenvalue weighted by atomic mass is 9.93. The molecule has 0 saturated carbocycles. The van der Waals surface area contributed by atoms with E-state index in [4.69, 9.17) is 4.74 Å². The van der Waals surface area contributed by atoms with Crippen molar-refractivity contribution in [3.8, 4) is 0 Å². The molecule has 0 bridgehead atoms.